The number of rotatable bonds is 0. The quantitative estimate of drug-likeness (QED) is 0.126. The summed E-state index contributed by atoms with van der Waals surface area (Å²) in [6, 6.07) is 0. The molecule has 0 aliphatic rings. The molecular formula is C6H26Eu2O22. The normalized spacial score (nSPS) is 4.40. The Bertz CT molecular complexity index is 287. The average molecular weight is 754 g/mol. The van der Waals surface area contributed by atoms with Crippen molar-refractivity contribution in [2.45, 2.75) is 0 Å². The molecule has 0 heterocycles. The van der Waals surface area contributed by atoms with Gasteiger partial charge < -0.3 is 85.4 Å². The van der Waals surface area contributed by atoms with Crippen LogP contribution in [0.15, 0.2) is 0 Å². The molecule has 26 N–H and O–H groups in total. The van der Waals surface area contributed by atoms with E-state index in [1.54, 1.807) is 0 Å². The summed E-state index contributed by atoms with van der Waals surface area (Å²) >= 11 is 0. The number of carbonyl (C=O) groups is 6. The van der Waals surface area contributed by atoms with Gasteiger partial charge in [0.2, 0.25) is 0 Å². The molecule has 0 spiro atoms. The van der Waals surface area contributed by atoms with Crippen molar-refractivity contribution >= 4 is 35.8 Å². The number of aliphatic carboxylic acids is 6. The van der Waals surface area contributed by atoms with Crippen LogP contribution in [-0.2, 0) is 28.8 Å². The van der Waals surface area contributed by atoms with Gasteiger partial charge in [-0.05, 0) is 0 Å². The van der Waals surface area contributed by atoms with E-state index in [2.05, 4.69) is 0 Å². The van der Waals surface area contributed by atoms with E-state index < -0.39 is 35.8 Å². The first kappa shape index (κ1) is 114. The van der Waals surface area contributed by atoms with Gasteiger partial charge in [-0.15, -0.1) is 0 Å². The number of carboxylic acids is 6. The maximum Gasteiger partial charge on any atom is 0.414 e. The first-order valence-electron chi connectivity index (χ1n) is 3.32. The first-order chi connectivity index (χ1) is 7.93. The zero-order valence-corrected chi connectivity index (χ0v) is 18.7. The molecule has 0 aromatic rings. The second-order valence-corrected chi connectivity index (χ2v) is 1.83. The molecule has 0 unspecified atom stereocenters. The summed E-state index contributed by atoms with van der Waals surface area (Å²) in [5, 5.41) is 44.3. The SMILES string of the molecule is O.O.O.O.O.O.O.O.O.O.O=C(O)C(=O)O.O=C(O)C(=O)O.O=C(O)C(=O)O.[Eu].[Eu]. The van der Waals surface area contributed by atoms with E-state index in [1.807, 2.05) is 0 Å². The Hall–Kier alpha value is -0.411. The molecular weight excluding hydrogens is 728 g/mol. The fraction of sp³-hybridized carbons (Fsp3) is 0. The summed E-state index contributed by atoms with van der Waals surface area (Å²) in [5.74, 6) is -10.9. The summed E-state index contributed by atoms with van der Waals surface area (Å²) in [7, 11) is 0. The van der Waals surface area contributed by atoms with Gasteiger partial charge >= 0.3 is 35.8 Å². The Labute approximate surface area is 245 Å². The third-order valence-electron chi connectivity index (χ3n) is 0.549. The molecule has 0 aliphatic heterocycles. The van der Waals surface area contributed by atoms with Gasteiger partial charge in [-0.1, -0.05) is 0 Å². The van der Waals surface area contributed by atoms with Crippen molar-refractivity contribution in [2.75, 3.05) is 0 Å². The van der Waals surface area contributed by atoms with Gasteiger partial charge in [0.15, 0.2) is 0 Å². The predicted molar refractivity (Wildman–Crippen MR) is 82.0 cm³/mol. The van der Waals surface area contributed by atoms with Gasteiger partial charge in [-0.3, -0.25) is 0 Å². The molecule has 0 aromatic carbocycles. The van der Waals surface area contributed by atoms with Crippen molar-refractivity contribution in [3.05, 3.63) is 0 Å². The van der Waals surface area contributed by atoms with Crippen LogP contribution >= 0.6 is 0 Å². The van der Waals surface area contributed by atoms with Crippen molar-refractivity contribution in [1.29, 1.82) is 0 Å². The minimum absolute atomic E-state index is 0. The molecule has 0 aromatic heterocycles. The molecule has 196 valence electrons. The minimum atomic E-state index is -1.82. The van der Waals surface area contributed by atoms with E-state index >= 15 is 0 Å². The second kappa shape index (κ2) is 70.3. The van der Waals surface area contributed by atoms with E-state index in [4.69, 9.17) is 59.4 Å². The van der Waals surface area contributed by atoms with Crippen molar-refractivity contribution in [2.24, 2.45) is 0 Å². The molecule has 0 amide bonds. The van der Waals surface area contributed by atoms with Crippen molar-refractivity contribution in [3.63, 3.8) is 0 Å². The number of hydrogen-bond donors (Lipinski definition) is 6. The molecule has 24 heteroatoms. The van der Waals surface area contributed by atoms with Gasteiger partial charge in [0, 0.05) is 98.8 Å². The Balaban J connectivity index is -0.00000000721. The van der Waals surface area contributed by atoms with Gasteiger partial charge in [-0.25, -0.2) is 28.8 Å². The van der Waals surface area contributed by atoms with E-state index in [9.17, 15) is 0 Å². The van der Waals surface area contributed by atoms with Crippen molar-refractivity contribution in [3.8, 4) is 0 Å². The third kappa shape index (κ3) is 145. The summed E-state index contributed by atoms with van der Waals surface area (Å²) < 4.78 is 0. The van der Waals surface area contributed by atoms with Crippen LogP contribution in [0.1, 0.15) is 0 Å². The zero-order chi connectivity index (χ0) is 15.5. The maximum absolute atomic E-state index is 9.10. The zero-order valence-electron chi connectivity index (χ0n) is 13.9. The van der Waals surface area contributed by atoms with Crippen LogP contribution in [0.4, 0.5) is 0 Å². The molecule has 0 atom stereocenters. The molecule has 0 rings (SSSR count). The van der Waals surface area contributed by atoms with Gasteiger partial charge in [0.25, 0.3) is 0 Å². The fourth-order valence-electron chi connectivity index (χ4n) is 0. The monoisotopic (exact) mass is 756 g/mol. The second-order valence-electron chi connectivity index (χ2n) is 1.83. The van der Waals surface area contributed by atoms with Crippen LogP contribution in [0.2, 0.25) is 0 Å². The van der Waals surface area contributed by atoms with E-state index in [0.717, 1.165) is 0 Å². The molecule has 0 fully saturated rings. The molecule has 30 heavy (non-hydrogen) atoms. The van der Waals surface area contributed by atoms with Gasteiger partial charge in [-0.2, -0.15) is 0 Å². The first-order valence-corrected chi connectivity index (χ1v) is 3.32. The largest absolute Gasteiger partial charge is 0.473 e. The van der Waals surface area contributed by atoms with E-state index in [0.29, 0.717) is 0 Å². The standard InChI is InChI=1S/3C2H2O4.2Eu.10H2O/c3*3-1(4)2(5)6;;;;;;;;;;;;/h3*(H,3,4)(H,5,6);;;10*1H2. The number of carboxylic acid groups (broad SMARTS) is 6. The van der Waals surface area contributed by atoms with E-state index in [1.165, 1.54) is 0 Å². The fourth-order valence-corrected chi connectivity index (χ4v) is 0. The maximum atomic E-state index is 9.10. The molecule has 0 aliphatic carbocycles. The van der Waals surface area contributed by atoms with Crippen molar-refractivity contribution in [1.82, 2.24) is 0 Å². The van der Waals surface area contributed by atoms with Gasteiger partial charge in [0.1, 0.15) is 0 Å². The van der Waals surface area contributed by atoms with Crippen LogP contribution < -0.4 is 0 Å². The molecule has 22 nitrogen and oxygen atoms in total. The van der Waals surface area contributed by atoms with Crippen LogP contribution in [0.3, 0.4) is 0 Å². The molecule has 0 saturated carbocycles. The summed E-state index contributed by atoms with van der Waals surface area (Å²) in [6.45, 7) is 0. The Morgan fingerprint density at radius 1 is 0.267 bits per heavy atom. The molecule has 0 bridgehead atoms. The predicted octanol–water partition coefficient (Wildman–Crippen LogP) is -10.8. The minimum Gasteiger partial charge on any atom is -0.473 e. The summed E-state index contributed by atoms with van der Waals surface area (Å²) in [4.78, 5) is 54.6. The smallest absolute Gasteiger partial charge is 0.414 e. The van der Waals surface area contributed by atoms with Crippen LogP contribution in [0, 0.1) is 98.8 Å². The third-order valence-corrected chi connectivity index (χ3v) is 0.549. The summed E-state index contributed by atoms with van der Waals surface area (Å²) in [6.07, 6.45) is 0. The van der Waals surface area contributed by atoms with Crippen molar-refractivity contribution < 1.29 is 213 Å². The molecule has 0 saturated heterocycles. The van der Waals surface area contributed by atoms with Crippen LogP contribution in [-0.4, -0.2) is 121 Å². The van der Waals surface area contributed by atoms with Crippen LogP contribution in [0.5, 0.6) is 0 Å². The topological polar surface area (TPSA) is 539 Å². The summed E-state index contributed by atoms with van der Waals surface area (Å²) in [5.41, 5.74) is 0. The Morgan fingerprint density at radius 2 is 0.300 bits per heavy atom. The Kier molecular flexibility index (Phi) is 266. The average Bonchev–Trinajstić information content (AvgIpc) is 2.18. The Morgan fingerprint density at radius 3 is 0.300 bits per heavy atom. The molecule has 2 radical (unpaired) electrons. The van der Waals surface area contributed by atoms with Crippen LogP contribution in [0.25, 0.3) is 0 Å². The number of hydrogen-bond acceptors (Lipinski definition) is 6. The van der Waals surface area contributed by atoms with E-state index in [-0.39, 0.29) is 154 Å². The van der Waals surface area contributed by atoms with Gasteiger partial charge in [0.05, 0.1) is 0 Å².